The van der Waals surface area contributed by atoms with Gasteiger partial charge in [-0.25, -0.2) is 4.39 Å². The van der Waals surface area contributed by atoms with Crippen LogP contribution < -0.4 is 14.8 Å². The van der Waals surface area contributed by atoms with E-state index in [4.69, 9.17) is 9.47 Å². The molecule has 0 aliphatic carbocycles. The van der Waals surface area contributed by atoms with Gasteiger partial charge >= 0.3 is 0 Å². The van der Waals surface area contributed by atoms with Gasteiger partial charge in [0.25, 0.3) is 0 Å². The predicted octanol–water partition coefficient (Wildman–Crippen LogP) is 1.56. The third-order valence-corrected chi connectivity index (χ3v) is 1.94. The smallest absolute Gasteiger partial charge is 0.135 e. The topological polar surface area (TPSA) is 30.5 Å². The van der Waals surface area contributed by atoms with Crippen LogP contribution in [0.4, 0.5) is 4.39 Å². The van der Waals surface area contributed by atoms with Gasteiger partial charge in [0.15, 0.2) is 0 Å². The van der Waals surface area contributed by atoms with E-state index in [-0.39, 0.29) is 5.82 Å². The number of rotatable bonds is 4. The normalized spacial score (nSPS) is 10.0. The minimum Gasteiger partial charge on any atom is -0.497 e. The van der Waals surface area contributed by atoms with Crippen LogP contribution in [0.5, 0.6) is 11.5 Å². The third kappa shape index (κ3) is 2.14. The van der Waals surface area contributed by atoms with Gasteiger partial charge in [-0.1, -0.05) is 0 Å². The molecule has 0 spiro atoms. The van der Waals surface area contributed by atoms with Crippen LogP contribution in [0.1, 0.15) is 5.56 Å². The van der Waals surface area contributed by atoms with Crippen LogP contribution in [0.25, 0.3) is 0 Å². The average molecular weight is 199 g/mol. The number of hydrogen-bond acceptors (Lipinski definition) is 3. The standard InChI is InChI=1S/C10H14FNO2/c1-12-6-8-9(11)4-7(13-2)5-10(8)14-3/h4-5,12H,6H2,1-3H3. The second kappa shape index (κ2) is 4.81. The number of methoxy groups -OCH3 is 2. The molecule has 0 radical (unpaired) electrons. The van der Waals surface area contributed by atoms with E-state index in [0.29, 0.717) is 23.6 Å². The molecule has 1 N–H and O–H groups in total. The summed E-state index contributed by atoms with van der Waals surface area (Å²) in [5.41, 5.74) is 0.510. The summed E-state index contributed by atoms with van der Waals surface area (Å²) in [7, 11) is 4.75. The number of hydrogen-bond donors (Lipinski definition) is 1. The van der Waals surface area contributed by atoms with Crippen molar-refractivity contribution in [1.29, 1.82) is 0 Å². The molecule has 4 heteroatoms. The van der Waals surface area contributed by atoms with E-state index in [1.807, 2.05) is 0 Å². The molecule has 1 aromatic rings. The van der Waals surface area contributed by atoms with Gasteiger partial charge in [-0.2, -0.15) is 0 Å². The lowest BCUT2D eigenvalue weighted by molar-refractivity contribution is 0.382. The van der Waals surface area contributed by atoms with Gasteiger partial charge in [-0.05, 0) is 7.05 Å². The maximum atomic E-state index is 13.5. The summed E-state index contributed by atoms with van der Waals surface area (Å²) in [4.78, 5) is 0. The highest BCUT2D eigenvalue weighted by atomic mass is 19.1. The van der Waals surface area contributed by atoms with E-state index in [1.165, 1.54) is 20.3 Å². The average Bonchev–Trinajstić information content (AvgIpc) is 2.20. The van der Waals surface area contributed by atoms with Crippen molar-refractivity contribution in [1.82, 2.24) is 5.32 Å². The van der Waals surface area contributed by atoms with Crippen molar-refractivity contribution in [2.24, 2.45) is 0 Å². The van der Waals surface area contributed by atoms with Crippen molar-refractivity contribution in [3.05, 3.63) is 23.5 Å². The van der Waals surface area contributed by atoms with E-state index < -0.39 is 0 Å². The molecule has 1 aromatic carbocycles. The fourth-order valence-corrected chi connectivity index (χ4v) is 1.24. The Labute approximate surface area is 82.8 Å². The molecule has 0 saturated carbocycles. The molecule has 3 nitrogen and oxygen atoms in total. The van der Waals surface area contributed by atoms with Crippen molar-refractivity contribution in [2.45, 2.75) is 6.54 Å². The van der Waals surface area contributed by atoms with Crippen molar-refractivity contribution in [2.75, 3.05) is 21.3 Å². The summed E-state index contributed by atoms with van der Waals surface area (Å²) in [5, 5.41) is 2.88. The summed E-state index contributed by atoms with van der Waals surface area (Å²) in [5.74, 6) is 0.631. The molecular formula is C10H14FNO2. The quantitative estimate of drug-likeness (QED) is 0.798. The largest absolute Gasteiger partial charge is 0.497 e. The molecule has 14 heavy (non-hydrogen) atoms. The Kier molecular flexibility index (Phi) is 3.71. The van der Waals surface area contributed by atoms with Crippen LogP contribution in [0.15, 0.2) is 12.1 Å². The van der Waals surface area contributed by atoms with Crippen molar-refractivity contribution >= 4 is 0 Å². The lowest BCUT2D eigenvalue weighted by atomic mass is 10.1. The second-order valence-electron chi connectivity index (χ2n) is 2.82. The Morgan fingerprint density at radius 3 is 2.50 bits per heavy atom. The van der Waals surface area contributed by atoms with Crippen LogP contribution in [0.2, 0.25) is 0 Å². The van der Waals surface area contributed by atoms with Crippen LogP contribution in [-0.4, -0.2) is 21.3 Å². The molecule has 0 aliphatic rings. The molecule has 78 valence electrons. The number of ether oxygens (including phenoxy) is 2. The Morgan fingerprint density at radius 1 is 1.29 bits per heavy atom. The minimum absolute atomic E-state index is 0.324. The highest BCUT2D eigenvalue weighted by Gasteiger charge is 2.10. The van der Waals surface area contributed by atoms with E-state index in [2.05, 4.69) is 5.32 Å². The van der Waals surface area contributed by atoms with Gasteiger partial charge in [0, 0.05) is 24.2 Å². The fourth-order valence-electron chi connectivity index (χ4n) is 1.24. The Hall–Kier alpha value is -1.29. The SMILES string of the molecule is CNCc1c(F)cc(OC)cc1OC. The molecule has 0 unspecified atom stereocenters. The molecule has 0 amide bonds. The van der Waals surface area contributed by atoms with E-state index in [0.717, 1.165) is 0 Å². The Bertz CT molecular complexity index is 315. The molecule has 0 heterocycles. The summed E-state index contributed by atoms with van der Waals surface area (Å²) in [6, 6.07) is 3.00. The van der Waals surface area contributed by atoms with Crippen molar-refractivity contribution in [3.63, 3.8) is 0 Å². The summed E-state index contributed by atoms with van der Waals surface area (Å²) in [6.45, 7) is 0.430. The first-order chi connectivity index (χ1) is 6.72. The number of benzene rings is 1. The lowest BCUT2D eigenvalue weighted by Gasteiger charge is -2.11. The molecule has 0 fully saturated rings. The van der Waals surface area contributed by atoms with Gasteiger partial charge in [0.2, 0.25) is 0 Å². The van der Waals surface area contributed by atoms with Crippen molar-refractivity contribution < 1.29 is 13.9 Å². The zero-order valence-corrected chi connectivity index (χ0v) is 8.56. The number of nitrogens with one attached hydrogen (secondary N) is 1. The summed E-state index contributed by atoms with van der Waals surface area (Å²) >= 11 is 0. The zero-order valence-electron chi connectivity index (χ0n) is 8.56. The molecule has 0 aliphatic heterocycles. The molecule has 1 rings (SSSR count). The van der Waals surface area contributed by atoms with E-state index in [9.17, 15) is 4.39 Å². The van der Waals surface area contributed by atoms with Crippen LogP contribution >= 0.6 is 0 Å². The predicted molar refractivity (Wildman–Crippen MR) is 52.3 cm³/mol. The molecule has 0 saturated heterocycles. The van der Waals surface area contributed by atoms with Gasteiger partial charge < -0.3 is 14.8 Å². The van der Waals surface area contributed by atoms with Crippen LogP contribution in [0.3, 0.4) is 0 Å². The van der Waals surface area contributed by atoms with Gasteiger partial charge in [-0.15, -0.1) is 0 Å². The first-order valence-electron chi connectivity index (χ1n) is 4.28. The number of halogens is 1. The Balaban J connectivity index is 3.13. The highest BCUT2D eigenvalue weighted by Crippen LogP contribution is 2.27. The monoisotopic (exact) mass is 199 g/mol. The zero-order chi connectivity index (χ0) is 10.6. The van der Waals surface area contributed by atoms with Crippen LogP contribution in [0, 0.1) is 5.82 Å². The van der Waals surface area contributed by atoms with E-state index >= 15 is 0 Å². The van der Waals surface area contributed by atoms with Gasteiger partial charge in [-0.3, -0.25) is 0 Å². The minimum atomic E-state index is -0.324. The molecule has 0 aromatic heterocycles. The lowest BCUT2D eigenvalue weighted by Crippen LogP contribution is -2.09. The molecular weight excluding hydrogens is 185 g/mol. The summed E-state index contributed by atoms with van der Waals surface area (Å²) in [6.07, 6.45) is 0. The molecule has 0 atom stereocenters. The van der Waals surface area contributed by atoms with Gasteiger partial charge in [0.1, 0.15) is 17.3 Å². The van der Waals surface area contributed by atoms with Gasteiger partial charge in [0.05, 0.1) is 14.2 Å². The Morgan fingerprint density at radius 2 is 2.00 bits per heavy atom. The third-order valence-electron chi connectivity index (χ3n) is 1.94. The summed E-state index contributed by atoms with van der Waals surface area (Å²) < 4.78 is 23.5. The fraction of sp³-hybridized carbons (Fsp3) is 0.400. The van der Waals surface area contributed by atoms with Crippen LogP contribution in [-0.2, 0) is 6.54 Å². The maximum Gasteiger partial charge on any atom is 0.135 e. The molecule has 0 bridgehead atoms. The first-order valence-corrected chi connectivity index (χ1v) is 4.28. The second-order valence-corrected chi connectivity index (χ2v) is 2.82. The first kappa shape index (κ1) is 10.8. The highest BCUT2D eigenvalue weighted by molar-refractivity contribution is 5.41. The van der Waals surface area contributed by atoms with E-state index in [1.54, 1.807) is 13.1 Å². The van der Waals surface area contributed by atoms with Crippen molar-refractivity contribution in [3.8, 4) is 11.5 Å². The maximum absolute atomic E-state index is 13.5.